The summed E-state index contributed by atoms with van der Waals surface area (Å²) in [6, 6.07) is 7.19. The van der Waals surface area contributed by atoms with E-state index >= 15 is 0 Å². The van der Waals surface area contributed by atoms with Crippen molar-refractivity contribution in [3.8, 4) is 0 Å². The zero-order valence-corrected chi connectivity index (χ0v) is 23.4. The summed E-state index contributed by atoms with van der Waals surface area (Å²) in [5.74, 6) is 1.12. The van der Waals surface area contributed by atoms with E-state index in [1.54, 1.807) is 11.1 Å². The monoisotopic (exact) mass is 548 g/mol. The minimum absolute atomic E-state index is 0.128. The number of anilines is 3. The number of hydrogen-bond donors (Lipinski definition) is 4. The van der Waals surface area contributed by atoms with Crippen molar-refractivity contribution in [1.82, 2.24) is 19.9 Å². The fourth-order valence-electron chi connectivity index (χ4n) is 4.96. The Morgan fingerprint density at radius 3 is 2.73 bits per heavy atom. The van der Waals surface area contributed by atoms with Gasteiger partial charge in [-0.2, -0.15) is 15.0 Å². The van der Waals surface area contributed by atoms with Crippen molar-refractivity contribution >= 4 is 35.0 Å². The lowest BCUT2D eigenvalue weighted by Crippen LogP contribution is -2.49. The van der Waals surface area contributed by atoms with Crippen LogP contribution in [-0.2, 0) is 20.9 Å². The summed E-state index contributed by atoms with van der Waals surface area (Å²) in [6.07, 6.45) is 7.19. The summed E-state index contributed by atoms with van der Waals surface area (Å²) in [5, 5.41) is 9.65. The van der Waals surface area contributed by atoms with Crippen molar-refractivity contribution in [2.45, 2.75) is 64.6 Å². The molecule has 2 saturated heterocycles. The Bertz CT molecular complexity index is 1230. The predicted molar refractivity (Wildman–Crippen MR) is 156 cm³/mol. The largest absolute Gasteiger partial charge is 0.404 e. The molecule has 40 heavy (non-hydrogen) atoms. The van der Waals surface area contributed by atoms with Crippen molar-refractivity contribution in [1.29, 1.82) is 0 Å². The number of nitrogens with two attached hydrogens (primary N) is 1. The number of piperidine rings is 1. The lowest BCUT2D eigenvalue weighted by molar-refractivity contribution is -0.136. The Labute approximate surface area is 235 Å². The summed E-state index contributed by atoms with van der Waals surface area (Å²) in [6.45, 7) is 10.0. The number of aromatic nitrogens is 3. The Hall–Kier alpha value is -3.99. The van der Waals surface area contributed by atoms with Gasteiger partial charge in [0.05, 0.1) is 12.6 Å². The van der Waals surface area contributed by atoms with E-state index in [4.69, 9.17) is 10.5 Å². The van der Waals surface area contributed by atoms with E-state index in [0.717, 1.165) is 43.4 Å². The number of nitrogens with zero attached hydrogens (tertiary/aromatic N) is 4. The number of benzene rings is 1. The maximum absolute atomic E-state index is 13.1. The number of amides is 2. The molecule has 5 N–H and O–H groups in total. The van der Waals surface area contributed by atoms with E-state index < -0.39 is 6.04 Å². The third kappa shape index (κ3) is 7.56. The molecule has 11 heteroatoms. The van der Waals surface area contributed by atoms with Crippen LogP contribution in [0.25, 0.3) is 5.57 Å². The molecule has 1 unspecified atom stereocenters. The van der Waals surface area contributed by atoms with Crippen LogP contribution >= 0.6 is 0 Å². The van der Waals surface area contributed by atoms with Crippen LogP contribution in [0.3, 0.4) is 0 Å². The third-order valence-electron chi connectivity index (χ3n) is 7.10. The minimum atomic E-state index is -0.504. The van der Waals surface area contributed by atoms with E-state index in [0.29, 0.717) is 49.5 Å². The second kappa shape index (κ2) is 13.9. The highest BCUT2D eigenvalue weighted by molar-refractivity contribution is 5.99. The van der Waals surface area contributed by atoms with Crippen molar-refractivity contribution in [3.05, 3.63) is 54.5 Å². The summed E-state index contributed by atoms with van der Waals surface area (Å²) >= 11 is 0. The maximum atomic E-state index is 13.1. The van der Waals surface area contributed by atoms with E-state index in [2.05, 4.69) is 37.5 Å². The molecule has 4 rings (SSSR count). The molecule has 1 aromatic carbocycles. The topological polar surface area (TPSA) is 147 Å². The number of allylic oxidation sites excluding steroid dienone is 1. The van der Waals surface area contributed by atoms with Crippen LogP contribution < -0.4 is 21.7 Å². The van der Waals surface area contributed by atoms with Crippen molar-refractivity contribution in [3.63, 3.8) is 0 Å². The number of likely N-dealkylation sites (tertiary alicyclic amines) is 1. The molecule has 3 heterocycles. The molecule has 2 aliphatic heterocycles. The minimum Gasteiger partial charge on any atom is -0.404 e. The Morgan fingerprint density at radius 2 is 2.00 bits per heavy atom. The number of carbonyl (C=O) groups excluding carboxylic acids is 2. The smallest absolute Gasteiger partial charge is 0.247 e. The first-order valence-electron chi connectivity index (χ1n) is 14.0. The summed E-state index contributed by atoms with van der Waals surface area (Å²) in [5.41, 5.74) is 8.32. The van der Waals surface area contributed by atoms with E-state index in [1.807, 2.05) is 38.1 Å². The molecule has 2 amide bonds. The lowest BCUT2D eigenvalue weighted by Gasteiger charge is -2.34. The summed E-state index contributed by atoms with van der Waals surface area (Å²) < 4.78 is 5.59. The van der Waals surface area contributed by atoms with Gasteiger partial charge in [0.1, 0.15) is 6.04 Å². The highest BCUT2D eigenvalue weighted by Crippen LogP contribution is 2.23. The van der Waals surface area contributed by atoms with Crippen LogP contribution in [0, 0.1) is 5.92 Å². The van der Waals surface area contributed by atoms with Gasteiger partial charge in [-0.25, -0.2) is 0 Å². The fourth-order valence-corrected chi connectivity index (χ4v) is 4.96. The van der Waals surface area contributed by atoms with Crippen molar-refractivity contribution in [2.24, 2.45) is 11.7 Å². The molecule has 0 spiro atoms. The van der Waals surface area contributed by atoms with E-state index in [9.17, 15) is 9.59 Å². The van der Waals surface area contributed by atoms with Crippen molar-refractivity contribution < 1.29 is 14.3 Å². The number of rotatable bonds is 10. The van der Waals surface area contributed by atoms with Gasteiger partial charge >= 0.3 is 0 Å². The quantitative estimate of drug-likeness (QED) is 0.327. The Morgan fingerprint density at radius 1 is 1.18 bits per heavy atom. The van der Waals surface area contributed by atoms with Gasteiger partial charge in [0, 0.05) is 37.2 Å². The maximum Gasteiger partial charge on any atom is 0.247 e. The molecule has 2 aliphatic rings. The van der Waals surface area contributed by atoms with Crippen LogP contribution in [0.2, 0.25) is 0 Å². The van der Waals surface area contributed by atoms with Gasteiger partial charge in [-0.1, -0.05) is 32.6 Å². The molecule has 2 atom stereocenters. The molecule has 1 aromatic heterocycles. The van der Waals surface area contributed by atoms with Crippen LogP contribution in [0.5, 0.6) is 0 Å². The third-order valence-corrected chi connectivity index (χ3v) is 7.10. The molecule has 2 fully saturated rings. The molecule has 0 saturated carbocycles. The Balaban J connectivity index is 1.46. The molecule has 2 aromatic rings. The second-order valence-electron chi connectivity index (χ2n) is 10.4. The SMILES string of the molecule is C=CC(=O)N1CCCCC1C(=O)Nc1cccc(CNc2nc(N[C@@H]3CCCOC3)nc(C(=CN)C(C)C)n2)c1. The first-order chi connectivity index (χ1) is 19.4. The highest BCUT2D eigenvalue weighted by Gasteiger charge is 2.31. The van der Waals surface area contributed by atoms with Gasteiger partial charge in [0.25, 0.3) is 0 Å². The first kappa shape index (κ1) is 29.0. The lowest BCUT2D eigenvalue weighted by atomic mass is 10.0. The molecule has 0 aliphatic carbocycles. The van der Waals surface area contributed by atoms with Crippen LogP contribution in [0.1, 0.15) is 57.3 Å². The van der Waals surface area contributed by atoms with Gasteiger partial charge < -0.3 is 31.3 Å². The number of ether oxygens (including phenoxy) is 1. The van der Waals surface area contributed by atoms with Gasteiger partial charge in [-0.15, -0.1) is 0 Å². The zero-order valence-electron chi connectivity index (χ0n) is 23.4. The Kier molecular flexibility index (Phi) is 10.1. The fraction of sp³-hybridized carbons (Fsp3) is 0.483. The molecular formula is C29H40N8O3. The number of carbonyl (C=O) groups is 2. The average molecular weight is 549 g/mol. The zero-order chi connectivity index (χ0) is 28.5. The van der Waals surface area contributed by atoms with Crippen LogP contribution in [0.15, 0.2) is 43.1 Å². The molecular weight excluding hydrogens is 508 g/mol. The first-order valence-corrected chi connectivity index (χ1v) is 14.0. The summed E-state index contributed by atoms with van der Waals surface area (Å²) in [7, 11) is 0. The van der Waals surface area contributed by atoms with Gasteiger partial charge in [-0.05, 0) is 61.8 Å². The number of hydrogen-bond acceptors (Lipinski definition) is 9. The van der Waals surface area contributed by atoms with E-state index in [-0.39, 0.29) is 23.8 Å². The van der Waals surface area contributed by atoms with Gasteiger partial charge in [-0.3, -0.25) is 9.59 Å². The second-order valence-corrected chi connectivity index (χ2v) is 10.4. The number of nitrogens with one attached hydrogen (secondary N) is 3. The van der Waals surface area contributed by atoms with Crippen LogP contribution in [-0.4, -0.2) is 63.5 Å². The normalized spacial score (nSPS) is 19.7. The predicted octanol–water partition coefficient (Wildman–Crippen LogP) is 3.54. The van der Waals surface area contributed by atoms with Crippen molar-refractivity contribution in [2.75, 3.05) is 35.7 Å². The standard InChI is InChI=1S/C29H40N8O3/c1-4-25(38)37-13-6-5-12-24(37)27(39)32-21-10-7-9-20(15-21)17-31-28-34-26(23(16-30)19(2)3)35-29(36-28)33-22-11-8-14-40-18-22/h4,7,9-10,15-16,19,22,24H,1,5-6,8,11-14,17-18,30H2,2-3H3,(H,32,39)(H2,31,33,34,35,36)/t22-,24?/m1/s1. The molecule has 0 bridgehead atoms. The van der Waals surface area contributed by atoms with Gasteiger partial charge in [0.2, 0.25) is 23.7 Å². The summed E-state index contributed by atoms with van der Waals surface area (Å²) in [4.78, 5) is 40.8. The molecule has 214 valence electrons. The molecule has 0 radical (unpaired) electrons. The highest BCUT2D eigenvalue weighted by atomic mass is 16.5. The van der Waals surface area contributed by atoms with Crippen LogP contribution in [0.4, 0.5) is 17.6 Å². The van der Waals surface area contributed by atoms with Gasteiger partial charge in [0.15, 0.2) is 5.82 Å². The van der Waals surface area contributed by atoms with E-state index in [1.165, 1.54) is 6.08 Å². The average Bonchev–Trinajstić information content (AvgIpc) is 2.96. The molecule has 11 nitrogen and oxygen atoms in total.